The van der Waals surface area contributed by atoms with Gasteiger partial charge in [0.15, 0.2) is 11.4 Å². The van der Waals surface area contributed by atoms with Crippen molar-refractivity contribution >= 4 is 22.4 Å². The molecule has 1 unspecified atom stereocenters. The highest BCUT2D eigenvalue weighted by Crippen LogP contribution is 2.39. The van der Waals surface area contributed by atoms with E-state index in [1.807, 2.05) is 13.8 Å². The lowest BCUT2D eigenvalue weighted by Gasteiger charge is -2.24. The quantitative estimate of drug-likeness (QED) is 0.843. The molecular weight excluding hydrogens is 313 g/mol. The summed E-state index contributed by atoms with van der Waals surface area (Å²) < 4.78 is 24.9. The van der Waals surface area contributed by atoms with Crippen molar-refractivity contribution in [2.45, 2.75) is 46.6 Å². The Morgan fingerprint density at radius 1 is 1.33 bits per heavy atom. The first kappa shape index (κ1) is 18.0. The van der Waals surface area contributed by atoms with Crippen molar-refractivity contribution in [3.8, 4) is 5.75 Å². The predicted octanol–water partition coefficient (Wildman–Crippen LogP) is 3.92. The topological polar surface area (TPSA) is 68.5 Å². The molecule has 1 atom stereocenters. The largest absolute Gasteiger partial charge is 0.489 e. The van der Waals surface area contributed by atoms with Gasteiger partial charge in [-0.15, -0.1) is 0 Å². The molecule has 0 radical (unpaired) electrons. The third kappa shape index (κ3) is 2.77. The summed E-state index contributed by atoms with van der Waals surface area (Å²) in [5, 5.41) is 3.37. The summed E-state index contributed by atoms with van der Waals surface area (Å²) in [4.78, 5) is 24.1. The van der Waals surface area contributed by atoms with Crippen molar-refractivity contribution in [3.05, 3.63) is 33.4 Å². The van der Waals surface area contributed by atoms with Crippen molar-refractivity contribution in [1.82, 2.24) is 0 Å². The van der Waals surface area contributed by atoms with E-state index in [-0.39, 0.29) is 35.0 Å². The van der Waals surface area contributed by atoms with Crippen LogP contribution in [0.4, 0.5) is 10.1 Å². The average Bonchev–Trinajstić information content (AvgIpc) is 2.56. The van der Waals surface area contributed by atoms with Gasteiger partial charge in [0.1, 0.15) is 17.4 Å². The fourth-order valence-corrected chi connectivity index (χ4v) is 2.91. The van der Waals surface area contributed by atoms with Crippen LogP contribution in [0.15, 0.2) is 15.3 Å². The number of ether oxygens (including phenoxy) is 1. The summed E-state index contributed by atoms with van der Waals surface area (Å²) in [6, 6.07) is 1.66. The van der Waals surface area contributed by atoms with E-state index in [4.69, 9.17) is 9.15 Å². The zero-order valence-corrected chi connectivity index (χ0v) is 14.6. The van der Waals surface area contributed by atoms with Gasteiger partial charge in [0.05, 0.1) is 0 Å². The number of Topliss-reactive ketones (excluding diaryl/α,β-unsaturated/α-hetero) is 1. The van der Waals surface area contributed by atoms with Crippen LogP contribution in [0.1, 0.15) is 50.0 Å². The lowest BCUT2D eigenvalue weighted by atomic mass is 9.95. The second-order valence-corrected chi connectivity index (χ2v) is 5.34. The van der Waals surface area contributed by atoms with Gasteiger partial charge in [-0.1, -0.05) is 20.8 Å². The highest BCUT2D eigenvalue weighted by atomic mass is 19.1. The molecule has 1 aliphatic heterocycles. The molecule has 24 heavy (non-hydrogen) atoms. The Balaban J connectivity index is 0.00000100. The van der Waals surface area contributed by atoms with E-state index < -0.39 is 11.4 Å². The summed E-state index contributed by atoms with van der Waals surface area (Å²) >= 11 is 0. The number of benzene rings is 1. The number of hydrogen-bond donors (Lipinski definition) is 1. The Bertz CT molecular complexity index is 841. The molecule has 1 aliphatic rings. The fourth-order valence-electron chi connectivity index (χ4n) is 2.91. The van der Waals surface area contributed by atoms with Crippen LogP contribution in [0.3, 0.4) is 0 Å². The highest BCUT2D eigenvalue weighted by molar-refractivity contribution is 6.12. The summed E-state index contributed by atoms with van der Waals surface area (Å²) in [5.41, 5.74) is 0.0621. The molecule has 1 N–H and O–H groups in total. The van der Waals surface area contributed by atoms with Gasteiger partial charge in [0, 0.05) is 36.2 Å². The molecule has 2 aromatic rings. The smallest absolute Gasteiger partial charge is 0.372 e. The molecule has 130 valence electrons. The molecular formula is C18H22FNO4. The number of ketones is 1. The molecule has 0 saturated heterocycles. The number of nitrogens with one attached hydrogen (secondary N) is 1. The zero-order valence-electron chi connectivity index (χ0n) is 14.6. The molecule has 5 nitrogen and oxygen atoms in total. The monoisotopic (exact) mass is 335 g/mol. The molecule has 0 bridgehead atoms. The molecule has 2 heterocycles. The third-order valence-corrected chi connectivity index (χ3v) is 3.89. The number of hydrogen-bond acceptors (Lipinski definition) is 5. The van der Waals surface area contributed by atoms with E-state index in [9.17, 15) is 14.0 Å². The Hall–Kier alpha value is -2.37. The Kier molecular flexibility index (Phi) is 5.26. The predicted molar refractivity (Wildman–Crippen MR) is 91.8 cm³/mol. The Labute approximate surface area is 139 Å². The second kappa shape index (κ2) is 7.03. The molecule has 1 aromatic carbocycles. The lowest BCUT2D eigenvalue weighted by molar-refractivity contribution is 0.0872. The van der Waals surface area contributed by atoms with Crippen LogP contribution < -0.4 is 15.7 Å². The van der Waals surface area contributed by atoms with Crippen LogP contribution in [0.25, 0.3) is 11.0 Å². The normalized spacial score (nSPS) is 16.1. The number of aryl methyl sites for hydroxylation is 1. The molecule has 0 amide bonds. The first-order valence-corrected chi connectivity index (χ1v) is 8.17. The molecule has 1 aromatic heterocycles. The SMILES string of the molecule is CC.CCc1c(F)c(=O)oc2c3c(cc(NC)c12)OC(C)CC3=O. The van der Waals surface area contributed by atoms with Gasteiger partial charge in [-0.2, -0.15) is 4.39 Å². The number of carbonyl (C=O) groups is 1. The summed E-state index contributed by atoms with van der Waals surface area (Å²) in [6.07, 6.45) is 0.260. The van der Waals surface area contributed by atoms with Crippen molar-refractivity contribution < 1.29 is 18.3 Å². The Morgan fingerprint density at radius 3 is 2.58 bits per heavy atom. The molecule has 0 aliphatic carbocycles. The van der Waals surface area contributed by atoms with Crippen LogP contribution in [0, 0.1) is 5.82 Å². The number of fused-ring (bicyclic) bond motifs is 3. The van der Waals surface area contributed by atoms with E-state index >= 15 is 0 Å². The van der Waals surface area contributed by atoms with Crippen molar-refractivity contribution in [2.75, 3.05) is 12.4 Å². The van der Waals surface area contributed by atoms with E-state index in [0.717, 1.165) is 0 Å². The summed E-state index contributed by atoms with van der Waals surface area (Å²) in [5.74, 6) is -0.723. The van der Waals surface area contributed by atoms with Gasteiger partial charge in [-0.05, 0) is 13.3 Å². The fraction of sp³-hybridized carbons (Fsp3) is 0.444. The lowest BCUT2D eigenvalue weighted by Crippen LogP contribution is -2.25. The van der Waals surface area contributed by atoms with Gasteiger partial charge < -0.3 is 14.5 Å². The van der Waals surface area contributed by atoms with Crippen molar-refractivity contribution in [3.63, 3.8) is 0 Å². The maximum atomic E-state index is 14.1. The van der Waals surface area contributed by atoms with Crippen LogP contribution in [0.2, 0.25) is 0 Å². The van der Waals surface area contributed by atoms with Crippen molar-refractivity contribution in [2.24, 2.45) is 0 Å². The first-order valence-electron chi connectivity index (χ1n) is 8.17. The van der Waals surface area contributed by atoms with Gasteiger partial charge in [-0.3, -0.25) is 4.79 Å². The standard InChI is InChI=1S/C16H16FNO4.C2H6/c1-4-8-12-9(18-3)6-11-13(10(19)5-7(2)21-11)15(12)22-16(20)14(8)17;1-2/h6-7,18H,4-5H2,1-3H3;1-2H3. The first-order chi connectivity index (χ1) is 11.5. The zero-order chi connectivity index (χ0) is 18.0. The van der Waals surface area contributed by atoms with Gasteiger partial charge in [0.2, 0.25) is 5.82 Å². The minimum Gasteiger partial charge on any atom is -0.489 e. The van der Waals surface area contributed by atoms with Crippen LogP contribution in [0.5, 0.6) is 5.75 Å². The van der Waals surface area contributed by atoms with Crippen LogP contribution in [-0.2, 0) is 6.42 Å². The minimum absolute atomic E-state index is 0.0991. The van der Waals surface area contributed by atoms with Gasteiger partial charge in [0.25, 0.3) is 0 Å². The average molecular weight is 335 g/mol. The highest BCUT2D eigenvalue weighted by Gasteiger charge is 2.30. The molecule has 3 rings (SSSR count). The number of carbonyl (C=O) groups excluding carboxylic acids is 1. The maximum absolute atomic E-state index is 14.1. The number of rotatable bonds is 2. The summed E-state index contributed by atoms with van der Waals surface area (Å²) in [6.45, 7) is 7.54. The van der Waals surface area contributed by atoms with E-state index in [2.05, 4.69) is 5.32 Å². The van der Waals surface area contributed by atoms with Gasteiger partial charge >= 0.3 is 5.63 Å². The van der Waals surface area contributed by atoms with E-state index in [0.29, 0.717) is 23.2 Å². The number of anilines is 1. The summed E-state index contributed by atoms with van der Waals surface area (Å²) in [7, 11) is 1.68. The van der Waals surface area contributed by atoms with Crippen LogP contribution in [-0.4, -0.2) is 18.9 Å². The minimum atomic E-state index is -1.06. The second-order valence-electron chi connectivity index (χ2n) is 5.34. The molecule has 0 fully saturated rings. The number of halogens is 1. The molecule has 0 spiro atoms. The molecule has 0 saturated carbocycles. The van der Waals surface area contributed by atoms with Crippen molar-refractivity contribution in [1.29, 1.82) is 0 Å². The van der Waals surface area contributed by atoms with Gasteiger partial charge in [-0.25, -0.2) is 4.79 Å². The molecule has 6 heteroatoms. The third-order valence-electron chi connectivity index (χ3n) is 3.89. The van der Waals surface area contributed by atoms with E-state index in [1.54, 1.807) is 27.0 Å². The van der Waals surface area contributed by atoms with Crippen LogP contribution >= 0.6 is 0 Å². The maximum Gasteiger partial charge on any atom is 0.372 e. The van der Waals surface area contributed by atoms with E-state index in [1.165, 1.54) is 0 Å². The Morgan fingerprint density at radius 2 is 2.00 bits per heavy atom.